The number of halogens is 1. The second-order valence-electron chi connectivity index (χ2n) is 3.95. The smallest absolute Gasteiger partial charge is 0.335 e. The maximum atomic E-state index is 11.7. The number of aromatic carboxylic acids is 1. The molecule has 0 fully saturated rings. The lowest BCUT2D eigenvalue weighted by atomic mass is 10.2. The molecular formula is C12H11ClN4O3. The molecule has 2 rings (SSSR count). The number of benzene rings is 1. The minimum atomic E-state index is -1.12. The number of aromatic amines is 1. The Morgan fingerprint density at radius 1 is 1.35 bits per heavy atom. The lowest BCUT2D eigenvalue weighted by molar-refractivity contribution is 0.0697. The number of urea groups is 1. The Labute approximate surface area is 119 Å². The van der Waals surface area contributed by atoms with E-state index >= 15 is 0 Å². The molecule has 1 heterocycles. The summed E-state index contributed by atoms with van der Waals surface area (Å²) in [7, 11) is 0. The van der Waals surface area contributed by atoms with Crippen molar-refractivity contribution in [3.63, 3.8) is 0 Å². The molecule has 0 saturated heterocycles. The monoisotopic (exact) mass is 294 g/mol. The van der Waals surface area contributed by atoms with Crippen LogP contribution in [0, 0.1) is 0 Å². The first-order valence-electron chi connectivity index (χ1n) is 5.61. The number of carboxylic acid groups (broad SMARTS) is 1. The molecule has 1 aromatic carbocycles. The second kappa shape index (κ2) is 6.07. The number of carbonyl (C=O) groups is 2. The van der Waals surface area contributed by atoms with Crippen molar-refractivity contribution >= 4 is 29.3 Å². The molecule has 0 aliphatic carbocycles. The number of aromatic nitrogens is 2. The molecule has 104 valence electrons. The summed E-state index contributed by atoms with van der Waals surface area (Å²) in [5.74, 6) is -1.12. The molecule has 0 radical (unpaired) electrons. The SMILES string of the molecule is O=C(NCc1cn[nH]c1)Nc1cc(Cl)cc(C(=O)O)c1. The topological polar surface area (TPSA) is 107 Å². The van der Waals surface area contributed by atoms with E-state index in [2.05, 4.69) is 20.8 Å². The molecule has 0 atom stereocenters. The zero-order valence-electron chi connectivity index (χ0n) is 10.2. The summed E-state index contributed by atoms with van der Waals surface area (Å²) in [5.41, 5.74) is 1.12. The maximum Gasteiger partial charge on any atom is 0.335 e. The van der Waals surface area contributed by atoms with Crippen molar-refractivity contribution in [2.45, 2.75) is 6.54 Å². The highest BCUT2D eigenvalue weighted by Gasteiger charge is 2.08. The fourth-order valence-electron chi connectivity index (χ4n) is 1.52. The third-order valence-electron chi connectivity index (χ3n) is 2.41. The van der Waals surface area contributed by atoms with Gasteiger partial charge in [0.15, 0.2) is 0 Å². The molecular weight excluding hydrogens is 284 g/mol. The molecule has 0 unspecified atom stereocenters. The summed E-state index contributed by atoms with van der Waals surface area (Å²) in [6.45, 7) is 0.300. The van der Waals surface area contributed by atoms with Gasteiger partial charge in [-0.05, 0) is 18.2 Å². The second-order valence-corrected chi connectivity index (χ2v) is 4.38. The van der Waals surface area contributed by atoms with Crippen LogP contribution < -0.4 is 10.6 Å². The van der Waals surface area contributed by atoms with Crippen molar-refractivity contribution in [3.8, 4) is 0 Å². The van der Waals surface area contributed by atoms with Crippen LogP contribution in [-0.2, 0) is 6.54 Å². The molecule has 2 aromatic rings. The van der Waals surface area contributed by atoms with E-state index in [1.165, 1.54) is 18.2 Å². The minimum absolute atomic E-state index is 0.00244. The Kier molecular flexibility index (Phi) is 4.21. The van der Waals surface area contributed by atoms with Crippen LogP contribution in [0.15, 0.2) is 30.6 Å². The van der Waals surface area contributed by atoms with Crippen LogP contribution in [0.2, 0.25) is 5.02 Å². The van der Waals surface area contributed by atoms with Gasteiger partial charge in [0.05, 0.1) is 11.8 Å². The van der Waals surface area contributed by atoms with Gasteiger partial charge in [-0.1, -0.05) is 11.6 Å². The fraction of sp³-hybridized carbons (Fsp3) is 0.0833. The first-order valence-corrected chi connectivity index (χ1v) is 5.99. The molecule has 0 aliphatic rings. The van der Waals surface area contributed by atoms with Crippen LogP contribution in [0.25, 0.3) is 0 Å². The van der Waals surface area contributed by atoms with Crippen LogP contribution in [0.4, 0.5) is 10.5 Å². The normalized spacial score (nSPS) is 10.1. The third kappa shape index (κ3) is 3.72. The van der Waals surface area contributed by atoms with Crippen LogP contribution >= 0.6 is 11.6 Å². The lowest BCUT2D eigenvalue weighted by Gasteiger charge is -2.08. The van der Waals surface area contributed by atoms with Crippen molar-refractivity contribution in [2.75, 3.05) is 5.32 Å². The van der Waals surface area contributed by atoms with Gasteiger partial charge in [0.1, 0.15) is 0 Å². The number of nitrogens with zero attached hydrogens (tertiary/aromatic N) is 1. The van der Waals surface area contributed by atoms with Gasteiger partial charge in [0.2, 0.25) is 0 Å². The highest BCUT2D eigenvalue weighted by atomic mass is 35.5. The molecule has 1 aromatic heterocycles. The molecule has 0 spiro atoms. The molecule has 0 saturated carbocycles. The Morgan fingerprint density at radius 2 is 2.15 bits per heavy atom. The van der Waals surface area contributed by atoms with E-state index in [4.69, 9.17) is 16.7 Å². The van der Waals surface area contributed by atoms with Gasteiger partial charge in [-0.2, -0.15) is 5.10 Å². The van der Waals surface area contributed by atoms with Gasteiger partial charge < -0.3 is 15.7 Å². The van der Waals surface area contributed by atoms with E-state index in [0.717, 1.165) is 5.56 Å². The molecule has 0 aliphatic heterocycles. The molecule has 8 heteroatoms. The molecule has 20 heavy (non-hydrogen) atoms. The predicted molar refractivity (Wildman–Crippen MR) is 72.9 cm³/mol. The van der Waals surface area contributed by atoms with E-state index in [-0.39, 0.29) is 10.6 Å². The largest absolute Gasteiger partial charge is 0.478 e. The van der Waals surface area contributed by atoms with E-state index in [1.807, 2.05) is 0 Å². The number of H-pyrrole nitrogens is 1. The summed E-state index contributed by atoms with van der Waals surface area (Å²) in [4.78, 5) is 22.5. The van der Waals surface area contributed by atoms with Crippen LogP contribution in [0.1, 0.15) is 15.9 Å². The first kappa shape index (κ1) is 13.9. The number of hydrogen-bond donors (Lipinski definition) is 4. The average molecular weight is 295 g/mol. The van der Waals surface area contributed by atoms with Crippen molar-refractivity contribution in [2.24, 2.45) is 0 Å². The van der Waals surface area contributed by atoms with Gasteiger partial charge in [0, 0.05) is 29.0 Å². The van der Waals surface area contributed by atoms with E-state index in [0.29, 0.717) is 12.2 Å². The third-order valence-corrected chi connectivity index (χ3v) is 2.63. The molecule has 0 bridgehead atoms. The van der Waals surface area contributed by atoms with Crippen LogP contribution in [-0.4, -0.2) is 27.3 Å². The average Bonchev–Trinajstić information content (AvgIpc) is 2.88. The van der Waals surface area contributed by atoms with E-state index in [9.17, 15) is 9.59 Å². The standard InChI is InChI=1S/C12H11ClN4O3/c13-9-1-8(11(18)19)2-10(3-9)17-12(20)14-4-7-5-15-16-6-7/h1-3,5-6H,4H2,(H,15,16)(H,18,19)(H2,14,17,20). The van der Waals surface area contributed by atoms with E-state index < -0.39 is 12.0 Å². The number of amides is 2. The molecule has 4 N–H and O–H groups in total. The number of carbonyl (C=O) groups excluding carboxylic acids is 1. The Balaban J connectivity index is 1.98. The number of hydrogen-bond acceptors (Lipinski definition) is 3. The van der Waals surface area contributed by atoms with Crippen LogP contribution in [0.3, 0.4) is 0 Å². The Bertz CT molecular complexity index is 628. The Morgan fingerprint density at radius 3 is 2.80 bits per heavy atom. The number of nitrogens with one attached hydrogen (secondary N) is 3. The predicted octanol–water partition coefficient (Wildman–Crippen LogP) is 2.08. The number of carboxylic acids is 1. The van der Waals surface area contributed by atoms with Gasteiger partial charge >= 0.3 is 12.0 Å². The summed E-state index contributed by atoms with van der Waals surface area (Å²) in [6.07, 6.45) is 3.24. The molecule has 7 nitrogen and oxygen atoms in total. The maximum absolute atomic E-state index is 11.7. The first-order chi connectivity index (χ1) is 9.54. The van der Waals surface area contributed by atoms with Gasteiger partial charge in [-0.3, -0.25) is 5.10 Å². The van der Waals surface area contributed by atoms with Crippen molar-refractivity contribution < 1.29 is 14.7 Å². The summed E-state index contributed by atoms with van der Waals surface area (Å²) in [5, 5.41) is 20.6. The van der Waals surface area contributed by atoms with E-state index in [1.54, 1.807) is 12.4 Å². The van der Waals surface area contributed by atoms with Crippen molar-refractivity contribution in [1.29, 1.82) is 0 Å². The fourth-order valence-corrected chi connectivity index (χ4v) is 1.75. The number of rotatable bonds is 4. The highest BCUT2D eigenvalue weighted by molar-refractivity contribution is 6.31. The van der Waals surface area contributed by atoms with Crippen LogP contribution in [0.5, 0.6) is 0 Å². The lowest BCUT2D eigenvalue weighted by Crippen LogP contribution is -2.28. The minimum Gasteiger partial charge on any atom is -0.478 e. The zero-order valence-corrected chi connectivity index (χ0v) is 10.9. The molecule has 2 amide bonds. The summed E-state index contributed by atoms with van der Waals surface area (Å²) in [6, 6.07) is 3.63. The van der Waals surface area contributed by atoms with Gasteiger partial charge in [-0.15, -0.1) is 0 Å². The summed E-state index contributed by atoms with van der Waals surface area (Å²) < 4.78 is 0. The highest BCUT2D eigenvalue weighted by Crippen LogP contribution is 2.19. The van der Waals surface area contributed by atoms with Gasteiger partial charge in [-0.25, -0.2) is 9.59 Å². The number of anilines is 1. The van der Waals surface area contributed by atoms with Gasteiger partial charge in [0.25, 0.3) is 0 Å². The summed E-state index contributed by atoms with van der Waals surface area (Å²) >= 11 is 5.79. The quantitative estimate of drug-likeness (QED) is 0.692. The Hall–Kier alpha value is -2.54. The van der Waals surface area contributed by atoms with Crippen molar-refractivity contribution in [1.82, 2.24) is 15.5 Å². The zero-order chi connectivity index (χ0) is 14.5. The van der Waals surface area contributed by atoms with Crippen molar-refractivity contribution in [3.05, 3.63) is 46.7 Å².